The minimum Gasteiger partial charge on any atom is -0.493 e. The zero-order valence-corrected chi connectivity index (χ0v) is 13.6. The molecule has 1 atom stereocenters. The molecule has 0 fully saturated rings. The molecular formula is C18H23NO3. The fourth-order valence-corrected chi connectivity index (χ4v) is 2.34. The highest BCUT2D eigenvalue weighted by Gasteiger charge is 2.16. The molecule has 118 valence electrons. The second kappa shape index (κ2) is 7.71. The third-order valence-electron chi connectivity index (χ3n) is 3.64. The molecule has 4 nitrogen and oxygen atoms in total. The van der Waals surface area contributed by atoms with Crippen LogP contribution in [0.25, 0.3) is 0 Å². The number of nitrogens with one attached hydrogen (secondary N) is 1. The van der Waals surface area contributed by atoms with Gasteiger partial charge in [0.25, 0.3) is 0 Å². The van der Waals surface area contributed by atoms with Gasteiger partial charge in [-0.3, -0.25) is 0 Å². The normalized spacial score (nSPS) is 11.8. The van der Waals surface area contributed by atoms with Crippen LogP contribution >= 0.6 is 0 Å². The van der Waals surface area contributed by atoms with E-state index in [4.69, 9.17) is 14.2 Å². The molecule has 0 radical (unpaired) electrons. The van der Waals surface area contributed by atoms with Gasteiger partial charge in [0.2, 0.25) is 5.75 Å². The van der Waals surface area contributed by atoms with E-state index in [1.54, 1.807) is 21.3 Å². The fourth-order valence-electron chi connectivity index (χ4n) is 2.34. The van der Waals surface area contributed by atoms with Gasteiger partial charge in [0.05, 0.1) is 21.3 Å². The van der Waals surface area contributed by atoms with Crippen molar-refractivity contribution in [3.05, 3.63) is 53.6 Å². The van der Waals surface area contributed by atoms with Gasteiger partial charge in [-0.05, 0) is 30.2 Å². The molecular weight excluding hydrogens is 278 g/mol. The third-order valence-corrected chi connectivity index (χ3v) is 3.64. The molecule has 2 aromatic rings. The van der Waals surface area contributed by atoms with Crippen molar-refractivity contribution in [2.45, 2.75) is 19.5 Å². The van der Waals surface area contributed by atoms with Gasteiger partial charge < -0.3 is 19.5 Å². The first kappa shape index (κ1) is 16.2. The van der Waals surface area contributed by atoms with Crippen molar-refractivity contribution in [3.63, 3.8) is 0 Å². The Hall–Kier alpha value is -2.20. The topological polar surface area (TPSA) is 39.7 Å². The number of hydrogen-bond donors (Lipinski definition) is 1. The Bertz CT molecular complexity index is 574. The molecule has 1 N–H and O–H groups in total. The molecule has 0 bridgehead atoms. The first-order valence-corrected chi connectivity index (χ1v) is 7.26. The number of methoxy groups -OCH3 is 3. The van der Waals surface area contributed by atoms with Gasteiger partial charge in [0.1, 0.15) is 0 Å². The lowest BCUT2D eigenvalue weighted by Gasteiger charge is -2.19. The predicted molar refractivity (Wildman–Crippen MR) is 87.8 cm³/mol. The summed E-state index contributed by atoms with van der Waals surface area (Å²) in [6.07, 6.45) is 0. The quantitative estimate of drug-likeness (QED) is 0.849. The minimum absolute atomic E-state index is 0.161. The second-order valence-electron chi connectivity index (χ2n) is 5.05. The van der Waals surface area contributed by atoms with E-state index in [1.807, 2.05) is 30.3 Å². The Balaban J connectivity index is 2.16. The summed E-state index contributed by atoms with van der Waals surface area (Å²) in [5.41, 5.74) is 2.34. The number of hydrogen-bond acceptors (Lipinski definition) is 4. The van der Waals surface area contributed by atoms with Gasteiger partial charge in [0.15, 0.2) is 11.5 Å². The molecule has 0 aliphatic heterocycles. The summed E-state index contributed by atoms with van der Waals surface area (Å²) in [5, 5.41) is 3.50. The molecule has 1 unspecified atom stereocenters. The lowest BCUT2D eigenvalue weighted by Crippen LogP contribution is -2.18. The Labute approximate surface area is 132 Å². The smallest absolute Gasteiger partial charge is 0.203 e. The van der Waals surface area contributed by atoms with E-state index in [0.29, 0.717) is 17.2 Å². The molecule has 0 heterocycles. The number of ether oxygens (including phenoxy) is 3. The molecule has 0 amide bonds. The van der Waals surface area contributed by atoms with Crippen LogP contribution in [0.4, 0.5) is 0 Å². The maximum Gasteiger partial charge on any atom is 0.203 e. The van der Waals surface area contributed by atoms with Crippen LogP contribution in [0.3, 0.4) is 0 Å². The highest BCUT2D eigenvalue weighted by molar-refractivity contribution is 5.54. The zero-order chi connectivity index (χ0) is 15.9. The predicted octanol–water partition coefficient (Wildman–Crippen LogP) is 3.56. The van der Waals surface area contributed by atoms with Crippen LogP contribution in [-0.4, -0.2) is 21.3 Å². The van der Waals surface area contributed by atoms with Gasteiger partial charge in [-0.2, -0.15) is 0 Å². The van der Waals surface area contributed by atoms with E-state index in [0.717, 1.165) is 12.1 Å². The summed E-state index contributed by atoms with van der Waals surface area (Å²) in [5.74, 6) is 1.96. The van der Waals surface area contributed by atoms with E-state index in [-0.39, 0.29) is 6.04 Å². The van der Waals surface area contributed by atoms with Crippen molar-refractivity contribution in [1.29, 1.82) is 0 Å². The highest BCUT2D eigenvalue weighted by Crippen LogP contribution is 2.39. The van der Waals surface area contributed by atoms with E-state index in [1.165, 1.54) is 5.56 Å². The van der Waals surface area contributed by atoms with Crippen LogP contribution in [-0.2, 0) is 6.54 Å². The molecule has 2 aromatic carbocycles. The Morgan fingerprint density at radius 3 is 2.00 bits per heavy atom. The molecule has 0 saturated heterocycles. The van der Waals surface area contributed by atoms with Crippen molar-refractivity contribution < 1.29 is 14.2 Å². The first-order chi connectivity index (χ1) is 10.7. The SMILES string of the molecule is COc1cc(C(C)NCc2ccccc2)cc(OC)c1OC. The van der Waals surface area contributed by atoms with E-state index >= 15 is 0 Å². The minimum atomic E-state index is 0.161. The van der Waals surface area contributed by atoms with E-state index in [9.17, 15) is 0 Å². The monoisotopic (exact) mass is 301 g/mol. The Morgan fingerprint density at radius 1 is 0.909 bits per heavy atom. The van der Waals surface area contributed by atoms with Gasteiger partial charge >= 0.3 is 0 Å². The van der Waals surface area contributed by atoms with Gasteiger partial charge in [-0.25, -0.2) is 0 Å². The summed E-state index contributed by atoms with van der Waals surface area (Å²) >= 11 is 0. The van der Waals surface area contributed by atoms with Crippen LogP contribution < -0.4 is 19.5 Å². The van der Waals surface area contributed by atoms with Crippen molar-refractivity contribution in [3.8, 4) is 17.2 Å². The standard InChI is InChI=1S/C18H23NO3/c1-13(19-12-14-8-6-5-7-9-14)15-10-16(20-2)18(22-4)17(11-15)21-3/h5-11,13,19H,12H2,1-4H3. The molecule has 4 heteroatoms. The number of benzene rings is 2. The first-order valence-electron chi connectivity index (χ1n) is 7.26. The summed E-state index contributed by atoms with van der Waals surface area (Å²) in [6.45, 7) is 2.92. The van der Waals surface area contributed by atoms with Crippen molar-refractivity contribution in [2.24, 2.45) is 0 Å². The maximum absolute atomic E-state index is 5.40. The lowest BCUT2D eigenvalue weighted by molar-refractivity contribution is 0.323. The summed E-state index contributed by atoms with van der Waals surface area (Å²) in [4.78, 5) is 0. The summed E-state index contributed by atoms with van der Waals surface area (Å²) in [7, 11) is 4.86. The Kier molecular flexibility index (Phi) is 5.67. The second-order valence-corrected chi connectivity index (χ2v) is 5.05. The molecule has 2 rings (SSSR count). The molecule has 0 saturated carbocycles. The third kappa shape index (κ3) is 3.71. The van der Waals surface area contributed by atoms with Gasteiger partial charge in [-0.1, -0.05) is 30.3 Å². The largest absolute Gasteiger partial charge is 0.493 e. The van der Waals surface area contributed by atoms with Crippen molar-refractivity contribution >= 4 is 0 Å². The van der Waals surface area contributed by atoms with Crippen molar-refractivity contribution in [2.75, 3.05) is 21.3 Å². The molecule has 0 aromatic heterocycles. The van der Waals surface area contributed by atoms with Crippen LogP contribution in [0, 0.1) is 0 Å². The average Bonchev–Trinajstić information content (AvgIpc) is 2.59. The molecule has 0 aliphatic rings. The van der Waals surface area contributed by atoms with Crippen LogP contribution in [0.5, 0.6) is 17.2 Å². The maximum atomic E-state index is 5.40. The highest BCUT2D eigenvalue weighted by atomic mass is 16.5. The fraction of sp³-hybridized carbons (Fsp3) is 0.333. The molecule has 22 heavy (non-hydrogen) atoms. The summed E-state index contributed by atoms with van der Waals surface area (Å²) < 4.78 is 16.2. The number of rotatable bonds is 7. The summed E-state index contributed by atoms with van der Waals surface area (Å²) in [6, 6.07) is 14.4. The van der Waals surface area contributed by atoms with Crippen LogP contribution in [0.2, 0.25) is 0 Å². The molecule has 0 aliphatic carbocycles. The van der Waals surface area contributed by atoms with Gasteiger partial charge in [0, 0.05) is 12.6 Å². The van der Waals surface area contributed by atoms with Crippen LogP contribution in [0.1, 0.15) is 24.1 Å². The van der Waals surface area contributed by atoms with Crippen LogP contribution in [0.15, 0.2) is 42.5 Å². The van der Waals surface area contributed by atoms with E-state index in [2.05, 4.69) is 24.4 Å². The van der Waals surface area contributed by atoms with Crippen molar-refractivity contribution in [1.82, 2.24) is 5.32 Å². The Morgan fingerprint density at radius 2 is 1.50 bits per heavy atom. The van der Waals surface area contributed by atoms with Gasteiger partial charge in [-0.15, -0.1) is 0 Å². The average molecular weight is 301 g/mol. The molecule has 0 spiro atoms. The van der Waals surface area contributed by atoms with E-state index < -0.39 is 0 Å². The lowest BCUT2D eigenvalue weighted by atomic mass is 10.1. The zero-order valence-electron chi connectivity index (χ0n) is 13.6.